The Labute approximate surface area is 130 Å². The molecule has 20 heavy (non-hydrogen) atoms. The highest BCUT2D eigenvalue weighted by molar-refractivity contribution is 9.09. The van der Waals surface area contributed by atoms with Gasteiger partial charge in [-0.25, -0.2) is 16.8 Å². The minimum atomic E-state index is -3.38. The topological polar surface area (TPSA) is 71.5 Å². The van der Waals surface area contributed by atoms with Gasteiger partial charge >= 0.3 is 0 Å². The summed E-state index contributed by atoms with van der Waals surface area (Å²) in [6, 6.07) is 0.0148. The maximum Gasteiger partial charge on any atom is 0.217 e. The number of sulfonamides is 1. The minimum absolute atomic E-state index is 0.00369. The van der Waals surface area contributed by atoms with Crippen molar-refractivity contribution in [1.29, 1.82) is 0 Å². The Bertz CT molecular complexity index is 518. The highest BCUT2D eigenvalue weighted by Gasteiger charge is 2.39. The Balaban J connectivity index is 2.16. The molecular formula is C12H22BrNO4S2. The number of sulfone groups is 1. The second-order valence-electron chi connectivity index (χ2n) is 5.66. The number of rotatable bonds is 3. The van der Waals surface area contributed by atoms with E-state index in [0.717, 1.165) is 25.7 Å². The van der Waals surface area contributed by atoms with Gasteiger partial charge in [-0.1, -0.05) is 28.8 Å². The van der Waals surface area contributed by atoms with Crippen LogP contribution in [0.15, 0.2) is 0 Å². The number of halogens is 1. The second-order valence-corrected chi connectivity index (χ2v) is 10.8. The van der Waals surface area contributed by atoms with Gasteiger partial charge in [-0.15, -0.1) is 0 Å². The summed E-state index contributed by atoms with van der Waals surface area (Å²) in [5, 5.41) is 0.128. The predicted octanol–water partition coefficient (Wildman–Crippen LogP) is 1.53. The van der Waals surface area contributed by atoms with E-state index < -0.39 is 25.1 Å². The normalized spacial score (nSPS) is 29.9. The highest BCUT2D eigenvalue weighted by atomic mass is 79.9. The lowest BCUT2D eigenvalue weighted by Gasteiger charge is -2.33. The number of hydrogen-bond donors (Lipinski definition) is 0. The first kappa shape index (κ1) is 16.7. The summed E-state index contributed by atoms with van der Waals surface area (Å²) in [6.07, 6.45) is 4.39. The SMILES string of the molecule is O=S1(=O)CCC(S(=O)(=O)N2CCCCCC2CBr)CC1. The van der Waals surface area contributed by atoms with Crippen molar-refractivity contribution < 1.29 is 16.8 Å². The van der Waals surface area contributed by atoms with Crippen LogP contribution < -0.4 is 0 Å². The zero-order valence-corrected chi connectivity index (χ0v) is 14.7. The van der Waals surface area contributed by atoms with Crippen molar-refractivity contribution in [2.45, 2.75) is 49.8 Å². The lowest BCUT2D eigenvalue weighted by molar-refractivity contribution is 0.340. The van der Waals surface area contributed by atoms with Gasteiger partial charge < -0.3 is 0 Å². The summed E-state index contributed by atoms with van der Waals surface area (Å²) >= 11 is 3.42. The molecular weight excluding hydrogens is 366 g/mol. The third kappa shape index (κ3) is 3.75. The molecule has 0 aliphatic carbocycles. The fourth-order valence-electron chi connectivity index (χ4n) is 3.00. The van der Waals surface area contributed by atoms with Crippen LogP contribution in [0.5, 0.6) is 0 Å². The zero-order valence-electron chi connectivity index (χ0n) is 11.5. The van der Waals surface area contributed by atoms with Gasteiger partial charge in [-0.2, -0.15) is 4.31 Å². The molecule has 1 unspecified atom stereocenters. The van der Waals surface area contributed by atoms with Crippen molar-refractivity contribution in [2.75, 3.05) is 23.4 Å². The van der Waals surface area contributed by atoms with Gasteiger partial charge in [0.25, 0.3) is 0 Å². The van der Waals surface area contributed by atoms with E-state index in [-0.39, 0.29) is 30.4 Å². The van der Waals surface area contributed by atoms with Crippen LogP contribution in [0.25, 0.3) is 0 Å². The number of alkyl halides is 1. The summed E-state index contributed by atoms with van der Waals surface area (Å²) < 4.78 is 50.1. The third-order valence-corrected chi connectivity index (χ3v) is 9.16. The molecule has 1 atom stereocenters. The van der Waals surface area contributed by atoms with Crippen LogP contribution in [0.2, 0.25) is 0 Å². The van der Waals surface area contributed by atoms with Crippen LogP contribution in [-0.2, 0) is 19.9 Å². The molecule has 5 nitrogen and oxygen atoms in total. The summed E-state index contributed by atoms with van der Waals surface area (Å²) in [5.41, 5.74) is 0. The van der Waals surface area contributed by atoms with Gasteiger partial charge in [0.1, 0.15) is 9.84 Å². The van der Waals surface area contributed by atoms with Crippen molar-refractivity contribution in [3.63, 3.8) is 0 Å². The van der Waals surface area contributed by atoms with Gasteiger partial charge in [0.05, 0.1) is 16.8 Å². The van der Waals surface area contributed by atoms with Crippen molar-refractivity contribution >= 4 is 35.8 Å². The molecule has 2 aliphatic heterocycles. The van der Waals surface area contributed by atoms with Crippen molar-refractivity contribution in [2.24, 2.45) is 0 Å². The van der Waals surface area contributed by atoms with E-state index in [1.54, 1.807) is 4.31 Å². The summed E-state index contributed by atoms with van der Waals surface area (Å²) in [5.74, 6) is 0.00737. The molecule has 0 aromatic rings. The molecule has 0 aromatic heterocycles. The summed E-state index contributed by atoms with van der Waals surface area (Å²) in [4.78, 5) is 0. The predicted molar refractivity (Wildman–Crippen MR) is 83.4 cm³/mol. The van der Waals surface area contributed by atoms with Crippen LogP contribution in [0, 0.1) is 0 Å². The van der Waals surface area contributed by atoms with Gasteiger partial charge in [-0.3, -0.25) is 0 Å². The Morgan fingerprint density at radius 1 is 1.05 bits per heavy atom. The van der Waals surface area contributed by atoms with E-state index in [4.69, 9.17) is 0 Å². The summed E-state index contributed by atoms with van der Waals surface area (Å²) in [6.45, 7) is 0.571. The molecule has 118 valence electrons. The quantitative estimate of drug-likeness (QED) is 0.688. The fourth-order valence-corrected chi connectivity index (χ4v) is 7.85. The van der Waals surface area contributed by atoms with E-state index in [0.29, 0.717) is 11.9 Å². The molecule has 2 aliphatic rings. The number of nitrogens with zero attached hydrogens (tertiary/aromatic N) is 1. The van der Waals surface area contributed by atoms with Crippen molar-refractivity contribution in [3.8, 4) is 0 Å². The van der Waals surface area contributed by atoms with Crippen LogP contribution in [0.4, 0.5) is 0 Å². The highest BCUT2D eigenvalue weighted by Crippen LogP contribution is 2.28. The van der Waals surface area contributed by atoms with Crippen molar-refractivity contribution in [1.82, 2.24) is 4.31 Å². The number of hydrogen-bond acceptors (Lipinski definition) is 4. The zero-order chi connectivity index (χ0) is 14.8. The van der Waals surface area contributed by atoms with Gasteiger partial charge in [0.15, 0.2) is 0 Å². The maximum absolute atomic E-state index is 12.8. The Kier molecular flexibility index (Phi) is 5.53. The maximum atomic E-state index is 12.8. The van der Waals surface area contributed by atoms with Crippen LogP contribution in [0.1, 0.15) is 38.5 Å². The first-order valence-electron chi connectivity index (χ1n) is 7.14. The average Bonchev–Trinajstić information content (AvgIpc) is 2.63. The Morgan fingerprint density at radius 3 is 2.30 bits per heavy atom. The molecule has 2 saturated heterocycles. The van der Waals surface area contributed by atoms with Gasteiger partial charge in [0, 0.05) is 17.9 Å². The van der Waals surface area contributed by atoms with Gasteiger partial charge in [-0.05, 0) is 25.7 Å². The fraction of sp³-hybridized carbons (Fsp3) is 1.00. The standard InChI is InChI=1S/C12H22BrNO4S2/c13-10-11-4-2-1-3-7-14(11)20(17,18)12-5-8-19(15,16)9-6-12/h11-12H,1-10H2. The summed E-state index contributed by atoms with van der Waals surface area (Å²) in [7, 11) is -6.41. The lowest BCUT2D eigenvalue weighted by Crippen LogP contribution is -2.47. The molecule has 0 amide bonds. The van der Waals surface area contributed by atoms with E-state index in [2.05, 4.69) is 15.9 Å². The molecule has 2 heterocycles. The van der Waals surface area contributed by atoms with Crippen LogP contribution >= 0.6 is 15.9 Å². The molecule has 0 radical (unpaired) electrons. The molecule has 8 heteroatoms. The molecule has 0 aromatic carbocycles. The van der Waals surface area contributed by atoms with Gasteiger partial charge in [0.2, 0.25) is 10.0 Å². The first-order chi connectivity index (χ1) is 9.37. The average molecular weight is 388 g/mol. The third-order valence-electron chi connectivity index (χ3n) is 4.25. The molecule has 0 spiro atoms. The van der Waals surface area contributed by atoms with Crippen LogP contribution in [0.3, 0.4) is 0 Å². The lowest BCUT2D eigenvalue weighted by atomic mass is 10.1. The Morgan fingerprint density at radius 2 is 1.70 bits per heavy atom. The second kappa shape index (κ2) is 6.62. The molecule has 2 rings (SSSR count). The molecule has 0 bridgehead atoms. The first-order valence-corrected chi connectivity index (χ1v) is 11.6. The molecule has 0 N–H and O–H groups in total. The van der Waals surface area contributed by atoms with E-state index in [1.165, 1.54) is 0 Å². The Hall–Kier alpha value is 0.340. The molecule has 2 fully saturated rings. The minimum Gasteiger partial charge on any atom is -0.229 e. The monoisotopic (exact) mass is 387 g/mol. The smallest absolute Gasteiger partial charge is 0.217 e. The molecule has 0 saturated carbocycles. The van der Waals surface area contributed by atoms with Crippen LogP contribution in [-0.4, -0.2) is 55.8 Å². The van der Waals surface area contributed by atoms with E-state index in [1.807, 2.05) is 0 Å². The largest absolute Gasteiger partial charge is 0.229 e. The van der Waals surface area contributed by atoms with E-state index in [9.17, 15) is 16.8 Å². The van der Waals surface area contributed by atoms with E-state index >= 15 is 0 Å². The van der Waals surface area contributed by atoms with Crippen molar-refractivity contribution in [3.05, 3.63) is 0 Å².